The fourth-order valence-electron chi connectivity index (χ4n) is 2.49. The molecule has 1 amide bonds. The van der Waals surface area contributed by atoms with Gasteiger partial charge in [-0.25, -0.2) is 4.79 Å². The van der Waals surface area contributed by atoms with Gasteiger partial charge in [-0.2, -0.15) is 0 Å². The second-order valence-corrected chi connectivity index (χ2v) is 6.35. The number of hydrogen-bond donors (Lipinski definition) is 1. The Morgan fingerprint density at radius 3 is 2.59 bits per heavy atom. The molecule has 0 aromatic heterocycles. The van der Waals surface area contributed by atoms with Gasteiger partial charge in [-0.1, -0.05) is 30.3 Å². The van der Waals surface area contributed by atoms with Crippen LogP contribution in [0.1, 0.15) is 35.2 Å². The predicted octanol–water partition coefficient (Wildman–Crippen LogP) is 3.75. The van der Waals surface area contributed by atoms with E-state index in [1.807, 2.05) is 57.2 Å². The zero-order chi connectivity index (χ0) is 19.8. The summed E-state index contributed by atoms with van der Waals surface area (Å²) in [6, 6.07) is 13.2. The highest BCUT2D eigenvalue weighted by molar-refractivity contribution is 5.89. The number of esters is 1. The lowest BCUT2D eigenvalue weighted by atomic mass is 10.0. The Balaban J connectivity index is 1.82. The molecule has 1 atom stereocenters. The summed E-state index contributed by atoms with van der Waals surface area (Å²) in [6.45, 7) is 5.65. The van der Waals surface area contributed by atoms with Gasteiger partial charge in [-0.3, -0.25) is 4.79 Å². The summed E-state index contributed by atoms with van der Waals surface area (Å²) >= 11 is 0. The van der Waals surface area contributed by atoms with Gasteiger partial charge in [0.05, 0.1) is 13.2 Å². The molecule has 0 fully saturated rings. The normalized spacial score (nSPS) is 11.9. The average Bonchev–Trinajstić information content (AvgIpc) is 2.67. The molecular weight excluding hydrogens is 342 g/mol. The van der Waals surface area contributed by atoms with Crippen molar-refractivity contribution in [2.45, 2.75) is 26.8 Å². The quantitative estimate of drug-likeness (QED) is 0.598. The smallest absolute Gasteiger partial charge is 0.331 e. The largest absolute Gasteiger partial charge is 0.497 e. The highest BCUT2D eigenvalue weighted by Crippen LogP contribution is 2.16. The molecule has 0 spiro atoms. The topological polar surface area (TPSA) is 64.6 Å². The van der Waals surface area contributed by atoms with Crippen LogP contribution in [-0.2, 0) is 14.3 Å². The lowest BCUT2D eigenvalue weighted by molar-refractivity contribution is -0.144. The molecule has 2 aromatic carbocycles. The zero-order valence-corrected chi connectivity index (χ0v) is 16.1. The van der Waals surface area contributed by atoms with Crippen molar-refractivity contribution < 1.29 is 19.1 Å². The summed E-state index contributed by atoms with van der Waals surface area (Å²) < 4.78 is 10.1. The Labute approximate surface area is 160 Å². The van der Waals surface area contributed by atoms with Crippen LogP contribution in [0.5, 0.6) is 5.75 Å². The molecule has 5 nitrogen and oxygen atoms in total. The number of amides is 1. The minimum atomic E-state index is -0.577. The fraction of sp³-hybridized carbons (Fsp3) is 0.273. The van der Waals surface area contributed by atoms with Gasteiger partial charge in [0.1, 0.15) is 5.75 Å². The van der Waals surface area contributed by atoms with Crippen LogP contribution in [0.3, 0.4) is 0 Å². The third kappa shape index (κ3) is 6.29. The lowest BCUT2D eigenvalue weighted by Gasteiger charge is -2.15. The summed E-state index contributed by atoms with van der Waals surface area (Å²) in [5.41, 5.74) is 4.19. The number of carbonyl (C=O) groups is 2. The van der Waals surface area contributed by atoms with Crippen LogP contribution in [0, 0.1) is 13.8 Å². The Kier molecular flexibility index (Phi) is 7.17. The van der Waals surface area contributed by atoms with E-state index in [0.717, 1.165) is 11.1 Å². The molecule has 2 aromatic rings. The number of nitrogens with one attached hydrogen (secondary N) is 1. The molecule has 5 heteroatoms. The van der Waals surface area contributed by atoms with Crippen molar-refractivity contribution in [3.8, 4) is 5.75 Å². The van der Waals surface area contributed by atoms with Crippen molar-refractivity contribution in [1.29, 1.82) is 0 Å². The highest BCUT2D eigenvalue weighted by atomic mass is 16.5. The standard InChI is InChI=1S/C22H25NO4/c1-15-8-10-19(12-16(15)2)17(3)23-21(24)14-27-22(25)11-9-18-6-5-7-20(13-18)26-4/h5-13,17H,14H2,1-4H3,(H,23,24)/b11-9+/t17-/m0/s1. The van der Waals surface area contributed by atoms with Crippen molar-refractivity contribution in [2.75, 3.05) is 13.7 Å². The first kappa shape index (κ1) is 20.2. The van der Waals surface area contributed by atoms with E-state index in [1.165, 1.54) is 17.2 Å². The monoisotopic (exact) mass is 367 g/mol. The molecule has 0 unspecified atom stereocenters. The molecule has 0 saturated heterocycles. The van der Waals surface area contributed by atoms with Crippen molar-refractivity contribution in [3.05, 3.63) is 70.8 Å². The second-order valence-electron chi connectivity index (χ2n) is 6.35. The van der Waals surface area contributed by atoms with Crippen LogP contribution in [0.2, 0.25) is 0 Å². The van der Waals surface area contributed by atoms with E-state index in [0.29, 0.717) is 5.75 Å². The first-order valence-corrected chi connectivity index (χ1v) is 8.74. The molecule has 0 heterocycles. The van der Waals surface area contributed by atoms with E-state index in [4.69, 9.17) is 9.47 Å². The predicted molar refractivity (Wildman–Crippen MR) is 105 cm³/mol. The van der Waals surface area contributed by atoms with Gasteiger partial charge in [0, 0.05) is 6.08 Å². The Hall–Kier alpha value is -3.08. The van der Waals surface area contributed by atoms with Gasteiger partial charge in [-0.05, 0) is 61.2 Å². The molecule has 0 bridgehead atoms. The summed E-state index contributed by atoms with van der Waals surface area (Å²) in [4.78, 5) is 23.8. The van der Waals surface area contributed by atoms with E-state index in [-0.39, 0.29) is 18.6 Å². The maximum atomic E-state index is 12.0. The zero-order valence-electron chi connectivity index (χ0n) is 16.1. The van der Waals surface area contributed by atoms with Gasteiger partial charge < -0.3 is 14.8 Å². The Morgan fingerprint density at radius 2 is 1.89 bits per heavy atom. The molecule has 0 saturated carbocycles. The number of benzene rings is 2. The maximum absolute atomic E-state index is 12.0. The van der Waals surface area contributed by atoms with Crippen LogP contribution in [-0.4, -0.2) is 25.6 Å². The first-order chi connectivity index (χ1) is 12.9. The molecule has 2 rings (SSSR count). The van der Waals surface area contributed by atoms with Crippen molar-refractivity contribution in [3.63, 3.8) is 0 Å². The van der Waals surface area contributed by atoms with Gasteiger partial charge >= 0.3 is 5.97 Å². The summed E-state index contributed by atoms with van der Waals surface area (Å²) in [5.74, 6) is -0.221. The lowest BCUT2D eigenvalue weighted by Crippen LogP contribution is -2.31. The molecule has 0 aliphatic carbocycles. The molecule has 0 radical (unpaired) electrons. The molecule has 142 valence electrons. The van der Waals surface area contributed by atoms with Crippen molar-refractivity contribution in [2.24, 2.45) is 0 Å². The van der Waals surface area contributed by atoms with Gasteiger partial charge in [0.15, 0.2) is 6.61 Å². The number of methoxy groups -OCH3 is 1. The second kappa shape index (κ2) is 9.57. The van der Waals surface area contributed by atoms with Crippen LogP contribution < -0.4 is 10.1 Å². The minimum Gasteiger partial charge on any atom is -0.497 e. The van der Waals surface area contributed by atoms with E-state index in [1.54, 1.807) is 19.3 Å². The van der Waals surface area contributed by atoms with Gasteiger partial charge in [-0.15, -0.1) is 0 Å². The molecule has 27 heavy (non-hydrogen) atoms. The van der Waals surface area contributed by atoms with Crippen molar-refractivity contribution >= 4 is 18.0 Å². The molecule has 1 N–H and O–H groups in total. The van der Waals surface area contributed by atoms with E-state index in [2.05, 4.69) is 5.32 Å². The molecular formula is C22H25NO4. The number of carbonyl (C=O) groups excluding carboxylic acids is 2. The van der Waals surface area contributed by atoms with Gasteiger partial charge in [0.25, 0.3) is 5.91 Å². The summed E-state index contributed by atoms with van der Waals surface area (Å²) in [5, 5.41) is 2.83. The van der Waals surface area contributed by atoms with Crippen LogP contribution >= 0.6 is 0 Å². The number of hydrogen-bond acceptors (Lipinski definition) is 4. The third-order valence-electron chi connectivity index (χ3n) is 4.26. The number of aryl methyl sites for hydroxylation is 2. The SMILES string of the molecule is COc1cccc(/C=C/C(=O)OCC(=O)N[C@@H](C)c2ccc(C)c(C)c2)c1. The molecule has 0 aliphatic heterocycles. The maximum Gasteiger partial charge on any atom is 0.331 e. The van der Waals surface area contributed by atoms with Crippen LogP contribution in [0.4, 0.5) is 0 Å². The number of ether oxygens (including phenoxy) is 2. The number of rotatable bonds is 7. The van der Waals surface area contributed by atoms with Crippen LogP contribution in [0.25, 0.3) is 6.08 Å². The average molecular weight is 367 g/mol. The molecule has 0 aliphatic rings. The van der Waals surface area contributed by atoms with Crippen molar-refractivity contribution in [1.82, 2.24) is 5.32 Å². The summed E-state index contributed by atoms with van der Waals surface area (Å²) in [7, 11) is 1.58. The third-order valence-corrected chi connectivity index (χ3v) is 4.26. The fourth-order valence-corrected chi connectivity index (χ4v) is 2.49. The first-order valence-electron chi connectivity index (χ1n) is 8.74. The van der Waals surface area contributed by atoms with Crippen LogP contribution in [0.15, 0.2) is 48.5 Å². The highest BCUT2D eigenvalue weighted by Gasteiger charge is 2.11. The minimum absolute atomic E-state index is 0.164. The van der Waals surface area contributed by atoms with Gasteiger partial charge in [0.2, 0.25) is 0 Å². The summed E-state index contributed by atoms with van der Waals surface area (Å²) in [6.07, 6.45) is 2.90. The van der Waals surface area contributed by atoms with E-state index < -0.39 is 5.97 Å². The van der Waals surface area contributed by atoms with E-state index >= 15 is 0 Å². The van der Waals surface area contributed by atoms with E-state index in [9.17, 15) is 9.59 Å². The Bertz CT molecular complexity index is 842. The Morgan fingerprint density at radius 1 is 1.11 bits per heavy atom.